The fourth-order valence-corrected chi connectivity index (χ4v) is 5.96. The lowest BCUT2D eigenvalue weighted by Gasteiger charge is -2.32. The molecule has 156 valence electrons. The Labute approximate surface area is 178 Å². The standard InChI is InChI=1S/C23H31ClN4O/c1-26-10-7-15(8-11-26)23(29)25-9-12-28-19-5-3-16(24)13-18(19)22-20-6-4-17(27(20)2)14-21(22)28/h3,5,13,15,17,20H,4,6-12,14H2,1-2H3,(H,25,29). The summed E-state index contributed by atoms with van der Waals surface area (Å²) in [5.41, 5.74) is 4.19. The molecule has 2 atom stereocenters. The van der Waals surface area contributed by atoms with Gasteiger partial charge in [-0.05, 0) is 76.6 Å². The van der Waals surface area contributed by atoms with Crippen LogP contribution in [0, 0.1) is 5.92 Å². The molecule has 0 spiro atoms. The van der Waals surface area contributed by atoms with Gasteiger partial charge < -0.3 is 14.8 Å². The number of halogens is 1. The molecule has 3 aliphatic heterocycles. The molecule has 2 fully saturated rings. The Morgan fingerprint density at radius 3 is 2.76 bits per heavy atom. The van der Waals surface area contributed by atoms with Crippen LogP contribution in [-0.4, -0.2) is 60.0 Å². The third kappa shape index (κ3) is 3.37. The van der Waals surface area contributed by atoms with Crippen LogP contribution in [0.25, 0.3) is 10.9 Å². The number of nitrogens with zero attached hydrogens (tertiary/aromatic N) is 3. The van der Waals surface area contributed by atoms with Gasteiger partial charge in [0, 0.05) is 59.1 Å². The van der Waals surface area contributed by atoms with Gasteiger partial charge in [-0.2, -0.15) is 0 Å². The molecule has 5 nitrogen and oxygen atoms in total. The number of hydrogen-bond donors (Lipinski definition) is 1. The number of carbonyl (C=O) groups is 1. The van der Waals surface area contributed by atoms with Crippen LogP contribution in [0.2, 0.25) is 5.02 Å². The highest BCUT2D eigenvalue weighted by Gasteiger charge is 2.40. The number of benzene rings is 1. The van der Waals surface area contributed by atoms with E-state index < -0.39 is 0 Å². The van der Waals surface area contributed by atoms with Crippen LogP contribution in [0.5, 0.6) is 0 Å². The molecule has 1 aromatic heterocycles. The Morgan fingerprint density at radius 2 is 1.97 bits per heavy atom. The molecule has 2 saturated heterocycles. The minimum absolute atomic E-state index is 0.171. The molecule has 1 N–H and O–H groups in total. The Kier molecular flexibility index (Phi) is 5.09. The number of amides is 1. The van der Waals surface area contributed by atoms with Gasteiger partial charge in [0.05, 0.1) is 0 Å². The third-order valence-corrected chi connectivity index (χ3v) is 7.74. The zero-order valence-electron chi connectivity index (χ0n) is 17.5. The van der Waals surface area contributed by atoms with E-state index in [1.165, 1.54) is 35.0 Å². The third-order valence-electron chi connectivity index (χ3n) is 7.50. The van der Waals surface area contributed by atoms with E-state index in [4.69, 9.17) is 11.6 Å². The van der Waals surface area contributed by atoms with E-state index in [0.717, 1.165) is 43.9 Å². The predicted molar refractivity (Wildman–Crippen MR) is 117 cm³/mol. The number of carbonyl (C=O) groups excluding carboxylic acids is 1. The molecule has 4 heterocycles. The average Bonchev–Trinajstić information content (AvgIpc) is 3.12. The first kappa shape index (κ1) is 19.4. The molecule has 0 aliphatic carbocycles. The Balaban J connectivity index is 1.37. The SMILES string of the molecule is CN1CCC(C(=O)NCCn2c3c(c4cc(Cl)ccc42)C2CCC(C3)N2C)CC1. The Hall–Kier alpha value is -1.56. The van der Waals surface area contributed by atoms with Crippen molar-refractivity contribution in [3.63, 3.8) is 0 Å². The van der Waals surface area contributed by atoms with Crippen molar-refractivity contribution in [3.8, 4) is 0 Å². The quantitative estimate of drug-likeness (QED) is 0.833. The van der Waals surface area contributed by atoms with E-state index in [-0.39, 0.29) is 11.8 Å². The topological polar surface area (TPSA) is 40.5 Å². The maximum atomic E-state index is 12.6. The van der Waals surface area contributed by atoms with E-state index >= 15 is 0 Å². The summed E-state index contributed by atoms with van der Waals surface area (Å²) in [6, 6.07) is 7.42. The maximum Gasteiger partial charge on any atom is 0.223 e. The molecule has 0 saturated carbocycles. The molecule has 2 bridgehead atoms. The van der Waals surface area contributed by atoms with Crippen LogP contribution in [-0.2, 0) is 17.8 Å². The molecule has 2 unspecified atom stereocenters. The molecule has 1 aromatic carbocycles. The second-order valence-corrected chi connectivity index (χ2v) is 9.60. The van der Waals surface area contributed by atoms with Crippen LogP contribution in [0.4, 0.5) is 0 Å². The summed E-state index contributed by atoms with van der Waals surface area (Å²) in [6.07, 6.45) is 5.53. The Bertz CT molecular complexity index is 931. The van der Waals surface area contributed by atoms with Crippen molar-refractivity contribution in [2.75, 3.05) is 33.7 Å². The van der Waals surface area contributed by atoms with E-state index in [2.05, 4.69) is 45.9 Å². The smallest absolute Gasteiger partial charge is 0.223 e. The summed E-state index contributed by atoms with van der Waals surface area (Å²) in [4.78, 5) is 17.5. The highest BCUT2D eigenvalue weighted by atomic mass is 35.5. The fourth-order valence-electron chi connectivity index (χ4n) is 5.79. The summed E-state index contributed by atoms with van der Waals surface area (Å²) in [5.74, 6) is 0.399. The van der Waals surface area contributed by atoms with Gasteiger partial charge in [-0.1, -0.05) is 11.6 Å². The number of likely N-dealkylation sites (N-methyl/N-ethyl adjacent to an activating group) is 1. The van der Waals surface area contributed by atoms with Crippen molar-refractivity contribution >= 4 is 28.4 Å². The van der Waals surface area contributed by atoms with Gasteiger partial charge in [0.1, 0.15) is 0 Å². The van der Waals surface area contributed by atoms with Crippen LogP contribution in [0.15, 0.2) is 18.2 Å². The second kappa shape index (κ2) is 7.60. The summed E-state index contributed by atoms with van der Waals surface area (Å²) in [7, 11) is 4.39. The number of hydrogen-bond acceptors (Lipinski definition) is 3. The molecule has 5 rings (SSSR count). The molecule has 0 radical (unpaired) electrons. The van der Waals surface area contributed by atoms with E-state index in [1.54, 1.807) is 0 Å². The van der Waals surface area contributed by atoms with Gasteiger partial charge in [-0.3, -0.25) is 9.69 Å². The van der Waals surface area contributed by atoms with Gasteiger partial charge in [-0.15, -0.1) is 0 Å². The number of piperidine rings is 1. The second-order valence-electron chi connectivity index (χ2n) is 9.16. The maximum absolute atomic E-state index is 12.6. The first-order valence-corrected chi connectivity index (χ1v) is 11.4. The molecule has 6 heteroatoms. The lowest BCUT2D eigenvalue weighted by molar-refractivity contribution is -0.126. The Morgan fingerprint density at radius 1 is 1.17 bits per heavy atom. The van der Waals surface area contributed by atoms with E-state index in [1.807, 2.05) is 6.07 Å². The monoisotopic (exact) mass is 414 g/mol. The van der Waals surface area contributed by atoms with Gasteiger partial charge >= 0.3 is 0 Å². The van der Waals surface area contributed by atoms with Crippen molar-refractivity contribution in [1.82, 2.24) is 19.7 Å². The van der Waals surface area contributed by atoms with Gasteiger partial charge in [0.15, 0.2) is 0 Å². The van der Waals surface area contributed by atoms with E-state index in [9.17, 15) is 4.79 Å². The highest BCUT2D eigenvalue weighted by Crippen LogP contribution is 2.47. The minimum atomic E-state index is 0.171. The number of fused-ring (bicyclic) bond motifs is 6. The van der Waals surface area contributed by atoms with Crippen molar-refractivity contribution in [1.29, 1.82) is 0 Å². The molecule has 2 aromatic rings. The largest absolute Gasteiger partial charge is 0.354 e. The lowest BCUT2D eigenvalue weighted by Crippen LogP contribution is -2.40. The number of aromatic nitrogens is 1. The normalized spacial score (nSPS) is 25.5. The summed E-state index contributed by atoms with van der Waals surface area (Å²) in [6.45, 7) is 3.56. The van der Waals surface area contributed by atoms with Crippen molar-refractivity contribution in [2.45, 2.75) is 50.7 Å². The molecular formula is C23H31ClN4O. The zero-order chi connectivity index (χ0) is 20.1. The minimum Gasteiger partial charge on any atom is -0.354 e. The fraction of sp³-hybridized carbons (Fsp3) is 0.609. The van der Waals surface area contributed by atoms with Crippen LogP contribution in [0.1, 0.15) is 43.0 Å². The molecular weight excluding hydrogens is 384 g/mol. The van der Waals surface area contributed by atoms with E-state index in [0.29, 0.717) is 18.6 Å². The number of nitrogens with one attached hydrogen (secondary N) is 1. The van der Waals surface area contributed by atoms with Crippen LogP contribution < -0.4 is 5.32 Å². The van der Waals surface area contributed by atoms with Crippen LogP contribution >= 0.6 is 11.6 Å². The molecule has 1 amide bonds. The number of rotatable bonds is 4. The van der Waals surface area contributed by atoms with Gasteiger partial charge in [0.2, 0.25) is 5.91 Å². The predicted octanol–water partition coefficient (Wildman–Crippen LogP) is 3.44. The first-order valence-electron chi connectivity index (χ1n) is 11.0. The first-order chi connectivity index (χ1) is 14.0. The van der Waals surface area contributed by atoms with Gasteiger partial charge in [-0.25, -0.2) is 0 Å². The van der Waals surface area contributed by atoms with Gasteiger partial charge in [0.25, 0.3) is 0 Å². The van der Waals surface area contributed by atoms with Crippen molar-refractivity contribution in [2.24, 2.45) is 5.92 Å². The van der Waals surface area contributed by atoms with Crippen LogP contribution in [0.3, 0.4) is 0 Å². The molecule has 3 aliphatic rings. The lowest BCUT2D eigenvalue weighted by atomic mass is 9.96. The molecule has 29 heavy (non-hydrogen) atoms. The number of likely N-dealkylation sites (tertiary alicyclic amines) is 1. The van der Waals surface area contributed by atoms with Crippen molar-refractivity contribution < 1.29 is 4.79 Å². The zero-order valence-corrected chi connectivity index (χ0v) is 18.2. The summed E-state index contributed by atoms with van der Waals surface area (Å²) in [5, 5.41) is 5.32. The summed E-state index contributed by atoms with van der Waals surface area (Å²) < 4.78 is 2.45. The highest BCUT2D eigenvalue weighted by molar-refractivity contribution is 6.31. The summed E-state index contributed by atoms with van der Waals surface area (Å²) >= 11 is 6.37. The average molecular weight is 415 g/mol. The van der Waals surface area contributed by atoms with Crippen molar-refractivity contribution in [3.05, 3.63) is 34.5 Å².